The van der Waals surface area contributed by atoms with Crippen LogP contribution in [0.25, 0.3) is 11.2 Å². The van der Waals surface area contributed by atoms with Crippen molar-refractivity contribution < 1.29 is 14.6 Å². The Morgan fingerprint density at radius 2 is 2.13 bits per heavy atom. The van der Waals surface area contributed by atoms with E-state index in [1.54, 1.807) is 22.8 Å². The molecule has 12 heteroatoms. The van der Waals surface area contributed by atoms with Crippen molar-refractivity contribution >= 4 is 62.9 Å². The minimum absolute atomic E-state index is 0.272. The number of carbonyl (C=O) groups is 1. The number of fused-ring (bicyclic) bond motifs is 1. The molecule has 1 unspecified atom stereocenters. The quantitative estimate of drug-likeness (QED) is 0.439. The summed E-state index contributed by atoms with van der Waals surface area (Å²) in [6.07, 6.45) is 0.530. The summed E-state index contributed by atoms with van der Waals surface area (Å²) < 4.78 is 7.14. The molecule has 0 spiro atoms. The van der Waals surface area contributed by atoms with E-state index in [2.05, 4.69) is 25.6 Å². The standard InChI is InChI=1S/C18H19AsCl2N6O3/c1-22-17(29)14-11(19)13(28)18(30-14)27-7-26-12-15(24-6-25-16(12)27)23-5-8-4-9(20)2-3-10(8)21/h2-4,6-7,11,13-14,18,28H,5,19H2,1H3,(H,22,29)(H,23,24,25)/t11-,13-,14+,18+/m0/s1. The Hall–Kier alpha value is -1.90. The molecule has 30 heavy (non-hydrogen) atoms. The molecule has 1 amide bonds. The summed E-state index contributed by atoms with van der Waals surface area (Å²) in [4.78, 5) is 25.0. The summed E-state index contributed by atoms with van der Waals surface area (Å²) in [6, 6.07) is 5.23. The molecular formula is C18H19AsCl2N6O3. The predicted octanol–water partition coefficient (Wildman–Crippen LogP) is 1.17. The molecule has 4 rings (SSSR count). The van der Waals surface area contributed by atoms with Gasteiger partial charge in [-0.1, -0.05) is 11.6 Å². The zero-order valence-electron chi connectivity index (χ0n) is 15.8. The van der Waals surface area contributed by atoms with Crippen molar-refractivity contribution in [1.82, 2.24) is 24.8 Å². The summed E-state index contributed by atoms with van der Waals surface area (Å²) in [5.74, 6) is 0.230. The number of rotatable bonds is 5. The fraction of sp³-hybridized carbons (Fsp3) is 0.333. The first-order chi connectivity index (χ1) is 14.4. The maximum absolute atomic E-state index is 12.1. The third-order valence-electron chi connectivity index (χ3n) is 4.91. The number of imidazole rings is 1. The van der Waals surface area contributed by atoms with E-state index in [0.717, 1.165) is 5.56 Å². The number of benzene rings is 1. The molecule has 3 heterocycles. The molecule has 1 aromatic carbocycles. The van der Waals surface area contributed by atoms with Crippen LogP contribution < -0.4 is 10.6 Å². The second-order valence-corrected chi connectivity index (χ2v) is 9.22. The molecule has 158 valence electrons. The Morgan fingerprint density at radius 3 is 2.90 bits per heavy atom. The second-order valence-electron chi connectivity index (χ2n) is 6.77. The van der Waals surface area contributed by atoms with Crippen LogP contribution in [0.3, 0.4) is 0 Å². The van der Waals surface area contributed by atoms with Gasteiger partial charge in [0.25, 0.3) is 0 Å². The number of aromatic nitrogens is 4. The van der Waals surface area contributed by atoms with Gasteiger partial charge < -0.3 is 0 Å². The summed E-state index contributed by atoms with van der Waals surface area (Å²) in [5.41, 5.74) is 1.80. The molecule has 1 saturated heterocycles. The Bertz CT molecular complexity index is 1100. The molecule has 3 N–H and O–H groups in total. The van der Waals surface area contributed by atoms with Gasteiger partial charge in [0, 0.05) is 0 Å². The predicted molar refractivity (Wildman–Crippen MR) is 115 cm³/mol. The van der Waals surface area contributed by atoms with Gasteiger partial charge in [-0.3, -0.25) is 0 Å². The Kier molecular flexibility index (Phi) is 6.18. The van der Waals surface area contributed by atoms with E-state index < -0.39 is 18.4 Å². The van der Waals surface area contributed by atoms with Crippen molar-refractivity contribution in [3.8, 4) is 0 Å². The number of nitrogens with one attached hydrogen (secondary N) is 2. The van der Waals surface area contributed by atoms with Gasteiger partial charge >= 0.3 is 173 Å². The van der Waals surface area contributed by atoms with Crippen LogP contribution in [0, 0.1) is 0 Å². The summed E-state index contributed by atoms with van der Waals surface area (Å²) >= 11 is 13.5. The molecule has 0 bridgehead atoms. The van der Waals surface area contributed by atoms with Crippen molar-refractivity contribution in [2.75, 3.05) is 12.4 Å². The van der Waals surface area contributed by atoms with Gasteiger partial charge in [0.05, 0.1) is 0 Å². The van der Waals surface area contributed by atoms with Crippen molar-refractivity contribution in [3.05, 3.63) is 46.5 Å². The van der Waals surface area contributed by atoms with E-state index in [4.69, 9.17) is 27.9 Å². The van der Waals surface area contributed by atoms with E-state index in [0.29, 0.717) is 33.6 Å². The average molecular weight is 513 g/mol. The summed E-state index contributed by atoms with van der Waals surface area (Å²) in [5, 5.41) is 17.6. The van der Waals surface area contributed by atoms with Gasteiger partial charge in [0.15, 0.2) is 0 Å². The monoisotopic (exact) mass is 512 g/mol. The van der Waals surface area contributed by atoms with Crippen LogP contribution in [0.2, 0.25) is 14.8 Å². The maximum atomic E-state index is 12.1. The van der Waals surface area contributed by atoms with Crippen molar-refractivity contribution in [2.24, 2.45) is 0 Å². The zero-order valence-corrected chi connectivity index (χ0v) is 19.7. The van der Waals surface area contributed by atoms with Crippen LogP contribution in [0.15, 0.2) is 30.9 Å². The van der Waals surface area contributed by atoms with Crippen molar-refractivity contribution in [3.63, 3.8) is 0 Å². The average Bonchev–Trinajstić information content (AvgIpc) is 3.30. The number of nitrogens with zero attached hydrogens (tertiary/aromatic N) is 4. The van der Waals surface area contributed by atoms with Crippen LogP contribution in [0.1, 0.15) is 11.8 Å². The molecular weight excluding hydrogens is 494 g/mol. The number of aliphatic hydroxyl groups is 1. The molecule has 1 fully saturated rings. The van der Waals surface area contributed by atoms with E-state index in [1.165, 1.54) is 36.6 Å². The Labute approximate surface area is 190 Å². The van der Waals surface area contributed by atoms with Gasteiger partial charge in [-0.15, -0.1) is 0 Å². The molecule has 9 nitrogen and oxygen atoms in total. The van der Waals surface area contributed by atoms with Crippen LogP contribution in [-0.4, -0.2) is 66.6 Å². The van der Waals surface area contributed by atoms with Crippen molar-refractivity contribution in [1.29, 1.82) is 0 Å². The van der Waals surface area contributed by atoms with E-state index in [-0.39, 0.29) is 10.6 Å². The number of aliphatic hydroxyl groups excluding tert-OH is 1. The molecule has 0 aliphatic carbocycles. The first-order valence-electron chi connectivity index (χ1n) is 9.06. The molecule has 0 radical (unpaired) electrons. The fourth-order valence-corrected chi connectivity index (χ4v) is 4.66. The van der Waals surface area contributed by atoms with Gasteiger partial charge in [0.1, 0.15) is 0 Å². The third-order valence-corrected chi connectivity index (χ3v) is 7.08. The number of carbonyl (C=O) groups excluding carboxylic acids is 1. The summed E-state index contributed by atoms with van der Waals surface area (Å²) in [7, 11) is 1.54. The number of hydrogen-bond donors (Lipinski definition) is 3. The molecule has 3 aromatic rings. The zero-order chi connectivity index (χ0) is 21.4. The molecule has 1 aliphatic heterocycles. The second kappa shape index (κ2) is 8.69. The molecule has 0 saturated carbocycles. The Balaban J connectivity index is 1.61. The number of likely N-dealkylation sites (N-methyl/N-ethyl adjacent to an activating group) is 1. The first kappa shape index (κ1) is 21.3. The Morgan fingerprint density at radius 1 is 1.33 bits per heavy atom. The van der Waals surface area contributed by atoms with Gasteiger partial charge in [-0.2, -0.15) is 0 Å². The van der Waals surface area contributed by atoms with Gasteiger partial charge in [0.2, 0.25) is 0 Å². The number of anilines is 1. The SMILES string of the molecule is CNC(=O)[C@@H]1O[C@@H](n2cnc3c(NCc4cc(Cl)ccc4Cl)ncnc32)[C@@H](O)[C@@H]1[AsH2]. The van der Waals surface area contributed by atoms with Crippen LogP contribution in [0.4, 0.5) is 5.82 Å². The molecule has 5 atom stereocenters. The number of ether oxygens (including phenoxy) is 1. The minimum atomic E-state index is -0.874. The van der Waals surface area contributed by atoms with E-state index in [1.807, 2.05) is 0 Å². The molecule has 2 aromatic heterocycles. The van der Waals surface area contributed by atoms with E-state index in [9.17, 15) is 9.90 Å². The third kappa shape index (κ3) is 3.88. The first-order valence-corrected chi connectivity index (χ1v) is 11.2. The van der Waals surface area contributed by atoms with Gasteiger partial charge in [-0.25, -0.2) is 0 Å². The van der Waals surface area contributed by atoms with Crippen LogP contribution in [0.5, 0.6) is 0 Å². The number of amides is 1. The van der Waals surface area contributed by atoms with Crippen LogP contribution in [-0.2, 0) is 16.1 Å². The summed E-state index contributed by atoms with van der Waals surface area (Å²) in [6.45, 7) is 0.388. The fourth-order valence-electron chi connectivity index (χ4n) is 3.32. The van der Waals surface area contributed by atoms with Crippen LogP contribution >= 0.6 is 23.2 Å². The van der Waals surface area contributed by atoms with E-state index >= 15 is 0 Å². The normalized spacial score (nSPS) is 23.6. The molecule has 1 aliphatic rings. The van der Waals surface area contributed by atoms with Gasteiger partial charge in [-0.05, 0) is 6.07 Å². The number of hydrogen-bond acceptors (Lipinski definition) is 7. The van der Waals surface area contributed by atoms with Crippen molar-refractivity contribution in [2.45, 2.75) is 29.7 Å². The topological polar surface area (TPSA) is 114 Å². The number of halogens is 2.